The lowest BCUT2D eigenvalue weighted by Crippen LogP contribution is -2.07. The molecule has 0 aliphatic carbocycles. The van der Waals surface area contributed by atoms with Gasteiger partial charge in [0.25, 0.3) is 0 Å². The van der Waals surface area contributed by atoms with E-state index in [2.05, 4.69) is 15.3 Å². The summed E-state index contributed by atoms with van der Waals surface area (Å²) in [5, 5.41) is 2.73. The Morgan fingerprint density at radius 3 is 2.37 bits per heavy atom. The van der Waals surface area contributed by atoms with Crippen molar-refractivity contribution in [1.29, 1.82) is 0 Å². The standard InChI is InChI=1S/C12H11F3N4/c1-7-2-3-8(12(13,14)15)4-10(7)19-11-17-5-9(16)6-18-11/h2-6H,16H2,1H3,(H,17,18,19). The number of aryl methyl sites for hydroxylation is 1. The van der Waals surface area contributed by atoms with Crippen molar-refractivity contribution in [2.75, 3.05) is 11.1 Å². The maximum atomic E-state index is 12.6. The van der Waals surface area contributed by atoms with Crippen LogP contribution in [0.25, 0.3) is 0 Å². The number of nitrogens with one attached hydrogen (secondary N) is 1. The fraction of sp³-hybridized carbons (Fsp3) is 0.167. The molecule has 1 aromatic carbocycles. The number of benzene rings is 1. The van der Waals surface area contributed by atoms with Gasteiger partial charge in [0.2, 0.25) is 5.95 Å². The molecule has 19 heavy (non-hydrogen) atoms. The summed E-state index contributed by atoms with van der Waals surface area (Å²) in [6.07, 6.45) is -1.64. The molecule has 0 spiro atoms. The first-order chi connectivity index (χ1) is 8.86. The molecule has 4 nitrogen and oxygen atoms in total. The Bertz CT molecular complexity index is 579. The highest BCUT2D eigenvalue weighted by Crippen LogP contribution is 2.32. The summed E-state index contributed by atoms with van der Waals surface area (Å²) < 4.78 is 37.8. The van der Waals surface area contributed by atoms with E-state index in [1.807, 2.05) is 0 Å². The van der Waals surface area contributed by atoms with Crippen LogP contribution in [-0.2, 0) is 6.18 Å². The SMILES string of the molecule is Cc1ccc(C(F)(F)F)cc1Nc1ncc(N)cn1. The molecule has 1 heterocycles. The third kappa shape index (κ3) is 3.12. The average molecular weight is 268 g/mol. The van der Waals surface area contributed by atoms with Gasteiger partial charge in [-0.2, -0.15) is 13.2 Å². The number of nitrogen functional groups attached to an aromatic ring is 1. The van der Waals surface area contributed by atoms with Crippen molar-refractivity contribution in [2.45, 2.75) is 13.1 Å². The first-order valence-electron chi connectivity index (χ1n) is 5.38. The van der Waals surface area contributed by atoms with E-state index in [-0.39, 0.29) is 5.95 Å². The van der Waals surface area contributed by atoms with Crippen molar-refractivity contribution in [3.05, 3.63) is 41.7 Å². The first-order valence-corrected chi connectivity index (χ1v) is 5.38. The molecule has 1 aromatic heterocycles. The lowest BCUT2D eigenvalue weighted by atomic mass is 10.1. The zero-order chi connectivity index (χ0) is 14.0. The summed E-state index contributed by atoms with van der Waals surface area (Å²) >= 11 is 0. The molecular weight excluding hydrogens is 257 g/mol. The number of nitrogens with two attached hydrogens (primary N) is 1. The minimum absolute atomic E-state index is 0.191. The topological polar surface area (TPSA) is 63.8 Å². The second kappa shape index (κ2) is 4.75. The smallest absolute Gasteiger partial charge is 0.396 e. The largest absolute Gasteiger partial charge is 0.416 e. The summed E-state index contributed by atoms with van der Waals surface area (Å²) in [4.78, 5) is 7.76. The molecule has 0 unspecified atom stereocenters. The third-order valence-corrected chi connectivity index (χ3v) is 2.48. The van der Waals surface area contributed by atoms with E-state index in [0.717, 1.165) is 12.1 Å². The van der Waals surface area contributed by atoms with Crippen molar-refractivity contribution in [3.8, 4) is 0 Å². The number of hydrogen-bond acceptors (Lipinski definition) is 4. The monoisotopic (exact) mass is 268 g/mol. The van der Waals surface area contributed by atoms with E-state index in [1.165, 1.54) is 18.5 Å². The van der Waals surface area contributed by atoms with E-state index in [4.69, 9.17) is 5.73 Å². The van der Waals surface area contributed by atoms with Gasteiger partial charge < -0.3 is 11.1 Å². The van der Waals surface area contributed by atoms with E-state index in [1.54, 1.807) is 6.92 Å². The highest BCUT2D eigenvalue weighted by Gasteiger charge is 2.30. The van der Waals surface area contributed by atoms with Gasteiger partial charge >= 0.3 is 6.18 Å². The Hall–Kier alpha value is -2.31. The van der Waals surface area contributed by atoms with Crippen molar-refractivity contribution >= 4 is 17.3 Å². The van der Waals surface area contributed by atoms with Gasteiger partial charge in [0.15, 0.2) is 0 Å². The van der Waals surface area contributed by atoms with Gasteiger partial charge in [-0.15, -0.1) is 0 Å². The Morgan fingerprint density at radius 1 is 1.16 bits per heavy atom. The molecular formula is C12H11F3N4. The zero-order valence-electron chi connectivity index (χ0n) is 9.99. The molecule has 0 atom stereocenters. The van der Waals surface area contributed by atoms with Crippen molar-refractivity contribution in [1.82, 2.24) is 9.97 Å². The molecule has 2 aromatic rings. The fourth-order valence-corrected chi connectivity index (χ4v) is 1.46. The molecule has 0 amide bonds. The van der Waals surface area contributed by atoms with Gasteiger partial charge in [-0.25, -0.2) is 9.97 Å². The molecule has 100 valence electrons. The number of rotatable bonds is 2. The molecule has 7 heteroatoms. The lowest BCUT2D eigenvalue weighted by molar-refractivity contribution is -0.137. The van der Waals surface area contributed by atoms with Gasteiger partial charge in [-0.3, -0.25) is 0 Å². The Morgan fingerprint density at radius 2 is 1.79 bits per heavy atom. The molecule has 0 radical (unpaired) electrons. The second-order valence-electron chi connectivity index (χ2n) is 3.99. The van der Waals surface area contributed by atoms with E-state index >= 15 is 0 Å². The van der Waals surface area contributed by atoms with Gasteiger partial charge in [0.05, 0.1) is 23.6 Å². The van der Waals surface area contributed by atoms with E-state index < -0.39 is 11.7 Å². The molecule has 0 bridgehead atoms. The van der Waals surface area contributed by atoms with Crippen LogP contribution in [0.3, 0.4) is 0 Å². The molecule has 3 N–H and O–H groups in total. The number of aromatic nitrogens is 2. The van der Waals surface area contributed by atoms with Crippen LogP contribution in [0, 0.1) is 6.92 Å². The van der Waals surface area contributed by atoms with Crippen molar-refractivity contribution in [3.63, 3.8) is 0 Å². The average Bonchev–Trinajstić information content (AvgIpc) is 2.33. The Balaban J connectivity index is 2.31. The van der Waals surface area contributed by atoms with E-state index in [9.17, 15) is 13.2 Å². The summed E-state index contributed by atoms with van der Waals surface area (Å²) in [7, 11) is 0. The molecule has 0 saturated heterocycles. The summed E-state index contributed by atoms with van der Waals surface area (Å²) in [5.74, 6) is 0.191. The maximum absolute atomic E-state index is 12.6. The Labute approximate surface area is 107 Å². The van der Waals surface area contributed by atoms with Crippen LogP contribution >= 0.6 is 0 Å². The van der Waals surface area contributed by atoms with Crippen LogP contribution in [0.2, 0.25) is 0 Å². The highest BCUT2D eigenvalue weighted by molar-refractivity contribution is 5.60. The highest BCUT2D eigenvalue weighted by atomic mass is 19.4. The second-order valence-corrected chi connectivity index (χ2v) is 3.99. The normalized spacial score (nSPS) is 11.4. The number of alkyl halides is 3. The number of anilines is 3. The lowest BCUT2D eigenvalue weighted by Gasteiger charge is -2.12. The maximum Gasteiger partial charge on any atom is 0.416 e. The predicted octanol–water partition coefficient (Wildman–Crippen LogP) is 3.13. The van der Waals surface area contributed by atoms with Crippen LogP contribution in [0.5, 0.6) is 0 Å². The van der Waals surface area contributed by atoms with Gasteiger partial charge in [-0.05, 0) is 24.6 Å². The van der Waals surface area contributed by atoms with Crippen LogP contribution in [-0.4, -0.2) is 9.97 Å². The predicted molar refractivity (Wildman–Crippen MR) is 65.9 cm³/mol. The van der Waals surface area contributed by atoms with Crippen LogP contribution in [0.15, 0.2) is 30.6 Å². The van der Waals surface area contributed by atoms with Crippen LogP contribution < -0.4 is 11.1 Å². The molecule has 0 aliphatic heterocycles. The van der Waals surface area contributed by atoms with Gasteiger partial charge in [-0.1, -0.05) is 6.07 Å². The van der Waals surface area contributed by atoms with E-state index in [0.29, 0.717) is 16.9 Å². The molecule has 0 aliphatic rings. The van der Waals surface area contributed by atoms with Crippen molar-refractivity contribution < 1.29 is 13.2 Å². The van der Waals surface area contributed by atoms with Crippen LogP contribution in [0.1, 0.15) is 11.1 Å². The number of hydrogen-bond donors (Lipinski definition) is 2. The first kappa shape index (κ1) is 13.1. The Kier molecular flexibility index (Phi) is 3.28. The fourth-order valence-electron chi connectivity index (χ4n) is 1.46. The number of nitrogens with zero attached hydrogens (tertiary/aromatic N) is 2. The van der Waals surface area contributed by atoms with Crippen molar-refractivity contribution in [2.24, 2.45) is 0 Å². The molecule has 0 saturated carbocycles. The summed E-state index contributed by atoms with van der Waals surface area (Å²) in [6, 6.07) is 3.45. The quantitative estimate of drug-likeness (QED) is 0.878. The van der Waals surface area contributed by atoms with Gasteiger partial charge in [0, 0.05) is 5.69 Å². The molecule has 0 fully saturated rings. The third-order valence-electron chi connectivity index (χ3n) is 2.48. The summed E-state index contributed by atoms with van der Waals surface area (Å²) in [6.45, 7) is 1.69. The zero-order valence-corrected chi connectivity index (χ0v) is 9.99. The number of halogens is 3. The van der Waals surface area contributed by atoms with Gasteiger partial charge in [0.1, 0.15) is 0 Å². The van der Waals surface area contributed by atoms with Crippen LogP contribution in [0.4, 0.5) is 30.5 Å². The minimum atomic E-state index is -4.38. The minimum Gasteiger partial charge on any atom is -0.396 e. The summed E-state index contributed by atoms with van der Waals surface area (Å²) in [5.41, 5.74) is 6.05. The molecule has 2 rings (SSSR count).